The summed E-state index contributed by atoms with van der Waals surface area (Å²) in [5.41, 5.74) is -1.73. The number of ether oxygens (including phenoxy) is 1. The smallest absolute Gasteiger partial charge is 0.432 e. The average molecular weight is 464 g/mol. The standard InChI is InChI=1S/C14H8BrCl2F4NO3/c1-22-12(14(19,20)21)11(15)10(13(22)17)5-2-8(25-4-9(23)24)6(16)3-7(5)18/h2-3H,4H2,1H3,(H,23,24)/p-1. The maximum Gasteiger partial charge on any atom is 0.432 e. The molecule has 1 aromatic heterocycles. The Labute approximate surface area is 157 Å². The van der Waals surface area contributed by atoms with Gasteiger partial charge in [0.25, 0.3) is 0 Å². The van der Waals surface area contributed by atoms with E-state index in [1.54, 1.807) is 0 Å². The lowest BCUT2D eigenvalue weighted by Crippen LogP contribution is -2.29. The van der Waals surface area contributed by atoms with Crippen LogP contribution in [0.15, 0.2) is 16.6 Å². The number of halogens is 7. The molecule has 1 heterocycles. The van der Waals surface area contributed by atoms with Crippen LogP contribution in [-0.2, 0) is 18.0 Å². The Bertz CT molecular complexity index is 852. The van der Waals surface area contributed by atoms with Gasteiger partial charge in [0.1, 0.15) is 29.0 Å². The molecule has 0 unspecified atom stereocenters. The maximum atomic E-state index is 14.3. The summed E-state index contributed by atoms with van der Waals surface area (Å²) < 4.78 is 58.8. The van der Waals surface area contributed by atoms with E-state index in [1.807, 2.05) is 0 Å². The van der Waals surface area contributed by atoms with Gasteiger partial charge in [0.2, 0.25) is 0 Å². The van der Waals surface area contributed by atoms with Crippen molar-refractivity contribution < 1.29 is 32.2 Å². The fourth-order valence-corrected chi connectivity index (χ4v) is 3.63. The number of carboxylic acids is 1. The monoisotopic (exact) mass is 462 g/mol. The molecule has 0 aliphatic carbocycles. The number of benzene rings is 1. The number of rotatable bonds is 4. The van der Waals surface area contributed by atoms with Crippen molar-refractivity contribution in [3.63, 3.8) is 0 Å². The molecule has 0 fully saturated rings. The average Bonchev–Trinajstić information content (AvgIpc) is 2.68. The van der Waals surface area contributed by atoms with Gasteiger partial charge in [-0.2, -0.15) is 13.2 Å². The predicted molar refractivity (Wildman–Crippen MR) is 84.0 cm³/mol. The van der Waals surface area contributed by atoms with Crippen LogP contribution < -0.4 is 9.84 Å². The summed E-state index contributed by atoms with van der Waals surface area (Å²) in [6.07, 6.45) is -4.74. The van der Waals surface area contributed by atoms with Crippen LogP contribution in [0.3, 0.4) is 0 Å². The van der Waals surface area contributed by atoms with Crippen LogP contribution >= 0.6 is 39.1 Å². The van der Waals surface area contributed by atoms with Crippen LogP contribution in [0.1, 0.15) is 5.69 Å². The van der Waals surface area contributed by atoms with E-state index < -0.39 is 34.7 Å². The van der Waals surface area contributed by atoms with Crippen LogP contribution in [0, 0.1) is 5.82 Å². The van der Waals surface area contributed by atoms with E-state index in [-0.39, 0.29) is 27.1 Å². The van der Waals surface area contributed by atoms with Crippen molar-refractivity contribution in [3.05, 3.63) is 38.3 Å². The van der Waals surface area contributed by atoms with E-state index in [1.165, 1.54) is 0 Å². The Morgan fingerprint density at radius 1 is 1.36 bits per heavy atom. The first-order valence-corrected chi connectivity index (χ1v) is 7.93. The van der Waals surface area contributed by atoms with Crippen molar-refractivity contribution in [2.45, 2.75) is 6.18 Å². The quantitative estimate of drug-likeness (QED) is 0.643. The third-order valence-corrected chi connectivity index (χ3v) is 4.68. The lowest BCUT2D eigenvalue weighted by Gasteiger charge is -2.12. The highest BCUT2D eigenvalue weighted by Crippen LogP contribution is 2.47. The van der Waals surface area contributed by atoms with E-state index in [4.69, 9.17) is 27.9 Å². The number of hydrogen-bond acceptors (Lipinski definition) is 3. The summed E-state index contributed by atoms with van der Waals surface area (Å²) >= 11 is 14.5. The minimum Gasteiger partial charge on any atom is -0.546 e. The summed E-state index contributed by atoms with van der Waals surface area (Å²) in [6, 6.07) is 1.75. The molecule has 0 N–H and O–H groups in total. The van der Waals surface area contributed by atoms with Gasteiger partial charge in [0.15, 0.2) is 0 Å². The first kappa shape index (κ1) is 19.9. The van der Waals surface area contributed by atoms with Gasteiger partial charge >= 0.3 is 6.18 Å². The number of alkyl halides is 3. The lowest BCUT2D eigenvalue weighted by molar-refractivity contribution is -0.307. The van der Waals surface area contributed by atoms with Gasteiger partial charge < -0.3 is 19.2 Å². The fraction of sp³-hybridized carbons (Fsp3) is 0.214. The van der Waals surface area contributed by atoms with Gasteiger partial charge in [-0.15, -0.1) is 0 Å². The highest BCUT2D eigenvalue weighted by molar-refractivity contribution is 9.10. The first-order valence-electron chi connectivity index (χ1n) is 6.38. The van der Waals surface area contributed by atoms with E-state index >= 15 is 0 Å². The van der Waals surface area contributed by atoms with Gasteiger partial charge in [-0.1, -0.05) is 23.2 Å². The third kappa shape index (κ3) is 3.88. The van der Waals surface area contributed by atoms with Crippen LogP contribution in [0.5, 0.6) is 5.75 Å². The molecule has 0 amide bonds. The number of carbonyl (C=O) groups excluding carboxylic acids is 1. The molecule has 0 saturated carbocycles. The zero-order chi connectivity index (χ0) is 19.1. The number of carboxylic acid groups (broad SMARTS) is 1. The van der Waals surface area contributed by atoms with E-state index in [9.17, 15) is 27.5 Å². The van der Waals surface area contributed by atoms with Crippen molar-refractivity contribution in [2.24, 2.45) is 7.05 Å². The molecule has 0 radical (unpaired) electrons. The number of hydrogen-bond donors (Lipinski definition) is 0. The summed E-state index contributed by atoms with van der Waals surface area (Å²) in [6.45, 7) is -0.873. The van der Waals surface area contributed by atoms with Crippen molar-refractivity contribution in [3.8, 4) is 16.9 Å². The predicted octanol–water partition coefficient (Wildman–Crippen LogP) is 4.05. The molecular formula is C14H7BrCl2F4NO3-. The van der Waals surface area contributed by atoms with Gasteiger partial charge in [-0.05, 0) is 28.1 Å². The summed E-state index contributed by atoms with van der Waals surface area (Å²) in [7, 11) is 1.07. The number of nitrogens with zero attached hydrogens (tertiary/aromatic N) is 1. The number of aromatic nitrogens is 1. The van der Waals surface area contributed by atoms with Crippen molar-refractivity contribution in [1.29, 1.82) is 0 Å². The van der Waals surface area contributed by atoms with Crippen molar-refractivity contribution in [1.82, 2.24) is 4.57 Å². The van der Waals surface area contributed by atoms with E-state index in [0.29, 0.717) is 4.57 Å². The molecule has 0 aliphatic heterocycles. The Morgan fingerprint density at radius 3 is 2.44 bits per heavy atom. The number of aliphatic carboxylic acids is 1. The Morgan fingerprint density at radius 2 is 1.96 bits per heavy atom. The van der Waals surface area contributed by atoms with Gasteiger partial charge in [0.05, 0.1) is 15.5 Å². The second-order valence-corrected chi connectivity index (χ2v) is 6.37. The summed E-state index contributed by atoms with van der Waals surface area (Å²) in [5.74, 6) is -2.77. The Hall–Kier alpha value is -1.45. The molecule has 0 aliphatic rings. The molecule has 11 heteroatoms. The molecule has 0 saturated heterocycles. The highest BCUT2D eigenvalue weighted by atomic mass is 79.9. The molecule has 136 valence electrons. The zero-order valence-electron chi connectivity index (χ0n) is 12.2. The highest BCUT2D eigenvalue weighted by Gasteiger charge is 2.40. The molecule has 2 rings (SSSR count). The molecule has 25 heavy (non-hydrogen) atoms. The lowest BCUT2D eigenvalue weighted by atomic mass is 10.1. The third-order valence-electron chi connectivity index (χ3n) is 3.17. The molecule has 0 atom stereocenters. The zero-order valence-corrected chi connectivity index (χ0v) is 15.3. The van der Waals surface area contributed by atoms with Gasteiger partial charge in [-0.3, -0.25) is 0 Å². The van der Waals surface area contributed by atoms with Crippen molar-refractivity contribution >= 4 is 45.1 Å². The second-order valence-electron chi connectivity index (χ2n) is 4.81. The summed E-state index contributed by atoms with van der Waals surface area (Å²) in [5, 5.41) is 9.82. The molecule has 1 aromatic carbocycles. The van der Waals surface area contributed by atoms with Gasteiger partial charge in [-0.25, -0.2) is 4.39 Å². The summed E-state index contributed by atoms with van der Waals surface area (Å²) in [4.78, 5) is 10.5. The van der Waals surface area contributed by atoms with Crippen molar-refractivity contribution in [2.75, 3.05) is 6.61 Å². The second kappa shape index (κ2) is 7.05. The Balaban J connectivity index is 2.67. The largest absolute Gasteiger partial charge is 0.546 e. The number of carbonyl (C=O) groups is 1. The molecule has 0 bridgehead atoms. The van der Waals surface area contributed by atoms with Crippen LogP contribution in [0.4, 0.5) is 17.6 Å². The van der Waals surface area contributed by atoms with E-state index in [0.717, 1.165) is 19.2 Å². The van der Waals surface area contributed by atoms with Crippen LogP contribution in [0.2, 0.25) is 10.2 Å². The van der Waals surface area contributed by atoms with Gasteiger partial charge in [0, 0.05) is 18.2 Å². The first-order chi connectivity index (χ1) is 11.4. The maximum absolute atomic E-state index is 14.3. The van der Waals surface area contributed by atoms with Crippen LogP contribution in [0.25, 0.3) is 11.1 Å². The SMILES string of the molecule is Cn1c(Cl)c(-c2cc(OCC(=O)[O-])c(Cl)cc2F)c(Br)c1C(F)(F)F. The molecule has 4 nitrogen and oxygen atoms in total. The molecular weight excluding hydrogens is 457 g/mol. The molecule has 0 spiro atoms. The normalized spacial score (nSPS) is 11.7. The minimum atomic E-state index is -4.74. The van der Waals surface area contributed by atoms with Crippen LogP contribution in [-0.4, -0.2) is 17.1 Å². The Kier molecular flexibility index (Phi) is 5.60. The fourth-order valence-electron chi connectivity index (χ4n) is 2.13. The minimum absolute atomic E-state index is 0.248. The molecule has 2 aromatic rings. The van der Waals surface area contributed by atoms with E-state index in [2.05, 4.69) is 15.9 Å². The topological polar surface area (TPSA) is 54.3 Å².